The third kappa shape index (κ3) is 4.41. The molecule has 0 fully saturated rings. The number of hydrogen-bond donors (Lipinski definition) is 0. The van der Waals surface area contributed by atoms with Crippen LogP contribution in [0.1, 0.15) is 22.8 Å². The third-order valence-corrected chi connectivity index (χ3v) is 6.67. The number of ether oxygens (including phenoxy) is 1. The largest absolute Gasteiger partial charge is 0.462 e. The molecular weight excluding hydrogens is 407 g/mol. The lowest BCUT2D eigenvalue weighted by Crippen LogP contribution is -2.24. The van der Waals surface area contributed by atoms with Crippen LogP contribution in [0.4, 0.5) is 0 Å². The molecule has 0 bridgehead atoms. The van der Waals surface area contributed by atoms with Gasteiger partial charge in [0.1, 0.15) is 0 Å². The van der Waals surface area contributed by atoms with Gasteiger partial charge in [-0.05, 0) is 49.3 Å². The third-order valence-electron chi connectivity index (χ3n) is 4.07. The second kappa shape index (κ2) is 9.66. The molecule has 2 nitrogen and oxygen atoms in total. The highest BCUT2D eigenvalue weighted by Gasteiger charge is 2.21. The van der Waals surface area contributed by atoms with Crippen LogP contribution in [0.3, 0.4) is 0 Å². The van der Waals surface area contributed by atoms with Crippen LogP contribution in [0.15, 0.2) is 78.9 Å². The zero-order valence-corrected chi connectivity index (χ0v) is 17.5. The van der Waals surface area contributed by atoms with Crippen molar-refractivity contribution in [3.63, 3.8) is 0 Å². The van der Waals surface area contributed by atoms with Crippen LogP contribution in [-0.4, -0.2) is 12.6 Å². The van der Waals surface area contributed by atoms with E-state index in [1.807, 2.05) is 38.1 Å². The molecule has 0 saturated carbocycles. The summed E-state index contributed by atoms with van der Waals surface area (Å²) in [5.74, 6) is -0.252. The first-order chi connectivity index (χ1) is 12.2. The summed E-state index contributed by atoms with van der Waals surface area (Å²) in [6.07, 6.45) is 0. The van der Waals surface area contributed by atoms with E-state index in [-0.39, 0.29) is 23.0 Å². The summed E-state index contributed by atoms with van der Waals surface area (Å²) in [5, 5.41) is 3.73. The van der Waals surface area contributed by atoms with Gasteiger partial charge in [0.15, 0.2) is 0 Å². The van der Waals surface area contributed by atoms with Crippen LogP contribution >= 0.6 is 24.9 Å². The molecule has 0 atom stereocenters. The van der Waals surface area contributed by atoms with E-state index < -0.39 is 7.92 Å². The maximum atomic E-state index is 12.3. The zero-order valence-electron chi connectivity index (χ0n) is 14.9. The highest BCUT2D eigenvalue weighted by atomic mass is 79.9. The van der Waals surface area contributed by atoms with E-state index in [0.29, 0.717) is 12.2 Å². The first-order valence-corrected chi connectivity index (χ1v) is 9.73. The van der Waals surface area contributed by atoms with Crippen molar-refractivity contribution >= 4 is 46.8 Å². The van der Waals surface area contributed by atoms with Crippen molar-refractivity contribution in [2.24, 2.45) is 0 Å². The fraction of sp³-hybridized carbons (Fsp3) is 0.136. The number of carbonyl (C=O) groups is 1. The summed E-state index contributed by atoms with van der Waals surface area (Å²) >= 11 is 0. The number of benzene rings is 3. The summed E-state index contributed by atoms with van der Waals surface area (Å²) in [7, 11) is -0.725. The van der Waals surface area contributed by atoms with E-state index in [9.17, 15) is 4.79 Å². The van der Waals surface area contributed by atoms with Crippen molar-refractivity contribution in [3.8, 4) is 0 Å². The molecule has 0 aromatic heterocycles. The number of esters is 1. The Morgan fingerprint density at radius 1 is 0.846 bits per heavy atom. The molecule has 26 heavy (non-hydrogen) atoms. The van der Waals surface area contributed by atoms with Gasteiger partial charge in [0.25, 0.3) is 0 Å². The molecule has 4 heteroatoms. The second-order valence-electron chi connectivity index (χ2n) is 5.68. The second-order valence-corrected chi connectivity index (χ2v) is 7.86. The summed E-state index contributed by atoms with van der Waals surface area (Å²) in [6, 6.07) is 26.9. The molecule has 0 spiro atoms. The van der Waals surface area contributed by atoms with Gasteiger partial charge in [-0.1, -0.05) is 72.8 Å². The van der Waals surface area contributed by atoms with Gasteiger partial charge in [-0.15, -0.1) is 17.0 Å². The summed E-state index contributed by atoms with van der Waals surface area (Å²) in [4.78, 5) is 12.3. The normalized spacial score (nSPS) is 10.3. The minimum Gasteiger partial charge on any atom is -0.462 e. The van der Waals surface area contributed by atoms with Crippen molar-refractivity contribution in [3.05, 3.63) is 90.0 Å². The predicted molar refractivity (Wildman–Crippen MR) is 116 cm³/mol. The van der Waals surface area contributed by atoms with Crippen molar-refractivity contribution in [1.82, 2.24) is 0 Å². The van der Waals surface area contributed by atoms with Crippen molar-refractivity contribution < 1.29 is 9.53 Å². The smallest absolute Gasteiger partial charge is 0.338 e. The molecule has 0 aliphatic rings. The Morgan fingerprint density at radius 2 is 1.38 bits per heavy atom. The standard InChI is InChI=1S/C22H21O2P.BrH/c1-3-24-22(23)20-15-10-16-21(17(20)2)25(18-11-6-4-7-12-18)19-13-8-5-9-14-19;/h4-16H,3H2,1-2H3;1H. The van der Waals surface area contributed by atoms with Crippen molar-refractivity contribution in [2.75, 3.05) is 6.61 Å². The van der Waals surface area contributed by atoms with Gasteiger partial charge >= 0.3 is 5.97 Å². The number of carbonyl (C=O) groups excluding carboxylic acids is 1. The van der Waals surface area contributed by atoms with Gasteiger partial charge < -0.3 is 4.74 Å². The van der Waals surface area contributed by atoms with Crippen LogP contribution < -0.4 is 15.9 Å². The average Bonchev–Trinajstić information content (AvgIpc) is 2.65. The quantitative estimate of drug-likeness (QED) is 0.441. The average molecular weight is 429 g/mol. The molecule has 0 aliphatic heterocycles. The highest BCUT2D eigenvalue weighted by molar-refractivity contribution is 8.93. The fourth-order valence-electron chi connectivity index (χ4n) is 2.88. The Kier molecular flexibility index (Phi) is 7.56. The number of hydrogen-bond acceptors (Lipinski definition) is 2. The van der Waals surface area contributed by atoms with Gasteiger partial charge in [-0.3, -0.25) is 0 Å². The summed E-state index contributed by atoms with van der Waals surface area (Å²) in [5.41, 5.74) is 1.65. The summed E-state index contributed by atoms with van der Waals surface area (Å²) in [6.45, 7) is 4.23. The molecule has 3 aromatic rings. The van der Waals surface area contributed by atoms with E-state index in [4.69, 9.17) is 4.74 Å². The first kappa shape index (κ1) is 20.4. The Labute approximate surface area is 166 Å². The monoisotopic (exact) mass is 428 g/mol. The van der Waals surface area contributed by atoms with Gasteiger partial charge in [-0.25, -0.2) is 4.79 Å². The van der Waals surface area contributed by atoms with Crippen molar-refractivity contribution in [2.45, 2.75) is 13.8 Å². The van der Waals surface area contributed by atoms with Crippen LogP contribution in [0.2, 0.25) is 0 Å². The molecule has 0 unspecified atom stereocenters. The van der Waals surface area contributed by atoms with E-state index in [0.717, 1.165) is 5.56 Å². The number of halogens is 1. The molecule has 0 aliphatic carbocycles. The minimum atomic E-state index is -0.725. The lowest BCUT2D eigenvalue weighted by molar-refractivity contribution is 0.0525. The molecule has 0 N–H and O–H groups in total. The topological polar surface area (TPSA) is 26.3 Å². The van der Waals surface area contributed by atoms with Crippen LogP contribution in [0, 0.1) is 6.92 Å². The van der Waals surface area contributed by atoms with Crippen LogP contribution in [0.5, 0.6) is 0 Å². The first-order valence-electron chi connectivity index (χ1n) is 8.39. The lowest BCUT2D eigenvalue weighted by Gasteiger charge is -2.22. The molecular formula is C22H22BrO2P. The molecule has 3 rings (SSSR count). The minimum absolute atomic E-state index is 0. The number of rotatable bonds is 5. The Hall–Kier alpha value is -1.96. The summed E-state index contributed by atoms with van der Waals surface area (Å²) < 4.78 is 5.22. The molecule has 3 aromatic carbocycles. The van der Waals surface area contributed by atoms with E-state index in [1.165, 1.54) is 15.9 Å². The molecule has 0 saturated heterocycles. The lowest BCUT2D eigenvalue weighted by atomic mass is 10.1. The maximum Gasteiger partial charge on any atom is 0.338 e. The van der Waals surface area contributed by atoms with Crippen LogP contribution in [0.25, 0.3) is 0 Å². The van der Waals surface area contributed by atoms with E-state index in [1.54, 1.807) is 0 Å². The Bertz CT molecular complexity index is 811. The van der Waals surface area contributed by atoms with E-state index >= 15 is 0 Å². The SMILES string of the molecule is Br.CCOC(=O)c1cccc(P(c2ccccc2)c2ccccc2)c1C. The predicted octanol–water partition coefficient (Wildman–Crippen LogP) is 4.51. The molecule has 0 radical (unpaired) electrons. The van der Waals surface area contributed by atoms with Gasteiger partial charge in [-0.2, -0.15) is 0 Å². The maximum absolute atomic E-state index is 12.3. The molecule has 134 valence electrons. The van der Waals surface area contributed by atoms with E-state index in [2.05, 4.69) is 54.6 Å². The fourth-order valence-corrected chi connectivity index (χ4v) is 5.36. The van der Waals surface area contributed by atoms with Gasteiger partial charge in [0.05, 0.1) is 12.2 Å². The van der Waals surface area contributed by atoms with Gasteiger partial charge in [0, 0.05) is 0 Å². The Balaban J connectivity index is 0.00000243. The Morgan fingerprint density at radius 3 is 1.88 bits per heavy atom. The molecule has 0 heterocycles. The van der Waals surface area contributed by atoms with Gasteiger partial charge in [0.2, 0.25) is 0 Å². The van der Waals surface area contributed by atoms with Crippen molar-refractivity contribution in [1.29, 1.82) is 0 Å². The molecule has 0 amide bonds. The zero-order chi connectivity index (χ0) is 17.6. The highest BCUT2D eigenvalue weighted by Crippen LogP contribution is 2.34. The van der Waals surface area contributed by atoms with Crippen LogP contribution in [-0.2, 0) is 4.74 Å².